The molecule has 1 aliphatic rings. The van der Waals surface area contributed by atoms with Gasteiger partial charge in [0.2, 0.25) is 0 Å². The molecule has 0 spiro atoms. The molecule has 0 radical (unpaired) electrons. The van der Waals surface area contributed by atoms with Crippen LogP contribution in [-0.4, -0.2) is 66.9 Å². The predicted molar refractivity (Wildman–Crippen MR) is 125 cm³/mol. The first-order valence-corrected chi connectivity index (χ1v) is 12.0. The summed E-state index contributed by atoms with van der Waals surface area (Å²) in [5, 5.41) is 23.4. The van der Waals surface area contributed by atoms with Gasteiger partial charge in [-0.15, -0.1) is 11.8 Å². The lowest BCUT2D eigenvalue weighted by atomic mass is 10.1. The zero-order valence-corrected chi connectivity index (χ0v) is 19.2. The SMILES string of the molecule is COc1cc(CNCc2cccc(SC)c2)ccc1OC[C@H](O)CN1CCC(O)CC1. The molecule has 6 nitrogen and oxygen atoms in total. The average molecular weight is 447 g/mol. The predicted octanol–water partition coefficient (Wildman–Crippen LogP) is 2.90. The Bertz CT molecular complexity index is 812. The molecule has 1 atom stereocenters. The molecule has 3 rings (SSSR count). The Balaban J connectivity index is 1.46. The third kappa shape index (κ3) is 7.70. The van der Waals surface area contributed by atoms with Crippen LogP contribution in [-0.2, 0) is 13.1 Å². The molecule has 1 aliphatic heterocycles. The molecule has 1 saturated heterocycles. The lowest BCUT2D eigenvalue weighted by Gasteiger charge is -2.30. The lowest BCUT2D eigenvalue weighted by Crippen LogP contribution is -2.41. The number of rotatable bonds is 11. The van der Waals surface area contributed by atoms with Gasteiger partial charge in [0, 0.05) is 37.6 Å². The summed E-state index contributed by atoms with van der Waals surface area (Å²) in [6, 6.07) is 14.4. The fourth-order valence-electron chi connectivity index (χ4n) is 3.71. The highest BCUT2D eigenvalue weighted by atomic mass is 32.2. The van der Waals surface area contributed by atoms with Gasteiger partial charge in [0.25, 0.3) is 0 Å². The summed E-state index contributed by atoms with van der Waals surface area (Å²) in [7, 11) is 1.63. The van der Waals surface area contributed by atoms with Gasteiger partial charge < -0.3 is 29.9 Å². The molecule has 0 amide bonds. The summed E-state index contributed by atoms with van der Waals surface area (Å²) in [6.45, 7) is 3.90. The van der Waals surface area contributed by atoms with Gasteiger partial charge in [-0.3, -0.25) is 0 Å². The van der Waals surface area contributed by atoms with E-state index in [4.69, 9.17) is 9.47 Å². The molecule has 0 unspecified atom stereocenters. The van der Waals surface area contributed by atoms with Crippen LogP contribution in [0.2, 0.25) is 0 Å². The number of aliphatic hydroxyl groups is 2. The van der Waals surface area contributed by atoms with E-state index in [1.165, 1.54) is 10.5 Å². The molecule has 7 heteroatoms. The maximum Gasteiger partial charge on any atom is 0.161 e. The van der Waals surface area contributed by atoms with Gasteiger partial charge in [-0.2, -0.15) is 0 Å². The van der Waals surface area contributed by atoms with Crippen LogP contribution in [0.5, 0.6) is 11.5 Å². The van der Waals surface area contributed by atoms with Crippen LogP contribution in [0.4, 0.5) is 0 Å². The molecule has 1 fully saturated rings. The Morgan fingerprint density at radius 2 is 1.84 bits per heavy atom. The van der Waals surface area contributed by atoms with Gasteiger partial charge in [0.15, 0.2) is 11.5 Å². The number of β-amino-alcohol motifs (C(OH)–C–C–N with tert-alkyl or cyclic N) is 1. The highest BCUT2D eigenvalue weighted by Gasteiger charge is 2.20. The zero-order chi connectivity index (χ0) is 22.1. The minimum Gasteiger partial charge on any atom is -0.493 e. The van der Waals surface area contributed by atoms with E-state index in [2.05, 4.69) is 40.7 Å². The molecule has 170 valence electrons. The van der Waals surface area contributed by atoms with E-state index in [0.717, 1.165) is 44.6 Å². The number of methoxy groups -OCH3 is 1. The second kappa shape index (κ2) is 12.3. The fraction of sp³-hybridized carbons (Fsp3) is 0.500. The molecule has 0 bridgehead atoms. The summed E-state index contributed by atoms with van der Waals surface area (Å²) in [4.78, 5) is 3.43. The second-order valence-corrected chi connectivity index (χ2v) is 8.82. The Hall–Kier alpha value is -1.77. The number of thioether (sulfide) groups is 1. The van der Waals surface area contributed by atoms with Crippen LogP contribution in [0.1, 0.15) is 24.0 Å². The number of benzene rings is 2. The third-order valence-electron chi connectivity index (χ3n) is 5.48. The molecular formula is C24H34N2O4S. The lowest BCUT2D eigenvalue weighted by molar-refractivity contribution is 0.0333. The summed E-state index contributed by atoms with van der Waals surface area (Å²) in [6.07, 6.45) is 2.82. The minimum atomic E-state index is -0.585. The molecular weight excluding hydrogens is 412 g/mol. The van der Waals surface area contributed by atoms with Crippen molar-refractivity contribution in [2.45, 2.75) is 43.0 Å². The monoisotopic (exact) mass is 446 g/mol. The largest absolute Gasteiger partial charge is 0.493 e. The molecule has 2 aromatic carbocycles. The van der Waals surface area contributed by atoms with Crippen molar-refractivity contribution in [2.75, 3.05) is 39.6 Å². The van der Waals surface area contributed by atoms with E-state index < -0.39 is 6.10 Å². The Labute approximate surface area is 189 Å². The number of nitrogens with zero attached hydrogens (tertiary/aromatic N) is 1. The number of piperidine rings is 1. The second-order valence-electron chi connectivity index (χ2n) is 7.94. The highest BCUT2D eigenvalue weighted by Crippen LogP contribution is 2.28. The first-order chi connectivity index (χ1) is 15.1. The van der Waals surface area contributed by atoms with Gasteiger partial charge in [0.1, 0.15) is 12.7 Å². The van der Waals surface area contributed by atoms with Crippen LogP contribution < -0.4 is 14.8 Å². The van der Waals surface area contributed by atoms with E-state index in [1.807, 2.05) is 18.2 Å². The average Bonchev–Trinajstić information content (AvgIpc) is 2.79. The molecule has 0 aliphatic carbocycles. The summed E-state index contributed by atoms with van der Waals surface area (Å²) >= 11 is 1.75. The van der Waals surface area contributed by atoms with Crippen molar-refractivity contribution in [1.29, 1.82) is 0 Å². The molecule has 0 saturated carbocycles. The van der Waals surface area contributed by atoms with E-state index in [1.54, 1.807) is 18.9 Å². The molecule has 1 heterocycles. The van der Waals surface area contributed by atoms with E-state index in [9.17, 15) is 10.2 Å². The normalized spacial score (nSPS) is 16.3. The molecule has 31 heavy (non-hydrogen) atoms. The smallest absolute Gasteiger partial charge is 0.161 e. The number of likely N-dealkylation sites (tertiary alicyclic amines) is 1. The van der Waals surface area contributed by atoms with Crippen molar-refractivity contribution in [3.05, 3.63) is 53.6 Å². The van der Waals surface area contributed by atoms with Crippen LogP contribution in [0.25, 0.3) is 0 Å². The number of ether oxygens (including phenoxy) is 2. The first-order valence-electron chi connectivity index (χ1n) is 10.8. The van der Waals surface area contributed by atoms with Crippen molar-refractivity contribution in [3.63, 3.8) is 0 Å². The van der Waals surface area contributed by atoms with E-state index >= 15 is 0 Å². The fourth-order valence-corrected chi connectivity index (χ4v) is 4.20. The van der Waals surface area contributed by atoms with Crippen molar-refractivity contribution in [2.24, 2.45) is 0 Å². The van der Waals surface area contributed by atoms with Crippen LogP contribution in [0, 0.1) is 0 Å². The number of hydrogen-bond acceptors (Lipinski definition) is 7. The number of hydrogen-bond donors (Lipinski definition) is 3. The quantitative estimate of drug-likeness (QED) is 0.458. The Morgan fingerprint density at radius 1 is 1.10 bits per heavy atom. The third-order valence-corrected chi connectivity index (χ3v) is 6.20. The number of nitrogens with one attached hydrogen (secondary N) is 1. The zero-order valence-electron chi connectivity index (χ0n) is 18.4. The molecule has 0 aromatic heterocycles. The van der Waals surface area contributed by atoms with Crippen LogP contribution >= 0.6 is 11.8 Å². The van der Waals surface area contributed by atoms with E-state index in [0.29, 0.717) is 18.0 Å². The number of aliphatic hydroxyl groups excluding tert-OH is 2. The minimum absolute atomic E-state index is 0.206. The Morgan fingerprint density at radius 3 is 2.55 bits per heavy atom. The van der Waals surface area contributed by atoms with Crippen molar-refractivity contribution in [3.8, 4) is 11.5 Å². The van der Waals surface area contributed by atoms with Gasteiger partial charge in [-0.25, -0.2) is 0 Å². The van der Waals surface area contributed by atoms with Crippen LogP contribution in [0.3, 0.4) is 0 Å². The molecule has 2 aromatic rings. The van der Waals surface area contributed by atoms with Crippen molar-refractivity contribution >= 4 is 11.8 Å². The highest BCUT2D eigenvalue weighted by molar-refractivity contribution is 7.98. The van der Waals surface area contributed by atoms with Gasteiger partial charge in [0.05, 0.1) is 13.2 Å². The maximum atomic E-state index is 10.3. The maximum absolute atomic E-state index is 10.3. The first kappa shape index (κ1) is 23.9. The molecule has 3 N–H and O–H groups in total. The van der Waals surface area contributed by atoms with Crippen molar-refractivity contribution < 1.29 is 19.7 Å². The van der Waals surface area contributed by atoms with Gasteiger partial charge >= 0.3 is 0 Å². The topological polar surface area (TPSA) is 74.2 Å². The van der Waals surface area contributed by atoms with Crippen molar-refractivity contribution in [1.82, 2.24) is 10.2 Å². The van der Waals surface area contributed by atoms with Gasteiger partial charge in [-0.1, -0.05) is 18.2 Å². The summed E-state index contributed by atoms with van der Waals surface area (Å²) < 4.78 is 11.3. The standard InChI is InChI=1S/C24H34N2O4S/c1-29-24-13-19(15-25-14-18-4-3-5-22(12-18)31-2)6-7-23(24)30-17-21(28)16-26-10-8-20(27)9-11-26/h3-7,12-13,20-21,25,27-28H,8-11,14-17H2,1-2H3/t21-/m1/s1. The Kier molecular flexibility index (Phi) is 9.49. The van der Waals surface area contributed by atoms with Gasteiger partial charge in [-0.05, 0) is 54.5 Å². The summed E-state index contributed by atoms with van der Waals surface area (Å²) in [5.74, 6) is 1.30. The van der Waals surface area contributed by atoms with Crippen LogP contribution in [0.15, 0.2) is 47.4 Å². The van der Waals surface area contributed by atoms with E-state index in [-0.39, 0.29) is 12.7 Å². The summed E-state index contributed by atoms with van der Waals surface area (Å²) in [5.41, 5.74) is 2.37.